The zero-order valence-electron chi connectivity index (χ0n) is 9.27. The highest BCUT2D eigenvalue weighted by Gasteiger charge is 2.07. The predicted octanol–water partition coefficient (Wildman–Crippen LogP) is 1.63. The molecule has 1 aromatic rings. The molecule has 0 spiro atoms. The number of nitriles is 1. The number of ether oxygens (including phenoxy) is 1. The lowest BCUT2D eigenvalue weighted by Crippen LogP contribution is -2.20. The molecule has 16 heavy (non-hydrogen) atoms. The van der Waals surface area contributed by atoms with E-state index in [1.807, 2.05) is 11.9 Å². The van der Waals surface area contributed by atoms with Crippen LogP contribution in [0.4, 0.5) is 5.82 Å². The molecule has 6 heteroatoms. The Kier molecular flexibility index (Phi) is 4.96. The van der Waals surface area contributed by atoms with E-state index in [9.17, 15) is 0 Å². The van der Waals surface area contributed by atoms with Crippen LogP contribution in [-0.4, -0.2) is 30.7 Å². The summed E-state index contributed by atoms with van der Waals surface area (Å²) in [5, 5.41) is 8.88. The number of rotatable bonds is 5. The Morgan fingerprint density at radius 2 is 2.31 bits per heavy atom. The fourth-order valence-corrected chi connectivity index (χ4v) is 1.37. The van der Waals surface area contributed by atoms with Crippen LogP contribution in [0.1, 0.15) is 12.2 Å². The van der Waals surface area contributed by atoms with Crippen LogP contribution in [0.5, 0.6) is 0 Å². The van der Waals surface area contributed by atoms with Crippen molar-refractivity contribution in [3.05, 3.63) is 17.0 Å². The molecule has 0 saturated heterocycles. The van der Waals surface area contributed by atoms with Crippen molar-refractivity contribution in [3.63, 3.8) is 0 Å². The second kappa shape index (κ2) is 6.26. The molecule has 0 saturated carbocycles. The van der Waals surface area contributed by atoms with Crippen molar-refractivity contribution in [1.82, 2.24) is 9.97 Å². The third-order valence-corrected chi connectivity index (χ3v) is 2.14. The highest BCUT2D eigenvalue weighted by atomic mass is 35.5. The maximum Gasteiger partial charge on any atom is 0.158 e. The van der Waals surface area contributed by atoms with Crippen LogP contribution in [0.3, 0.4) is 0 Å². The molecule has 0 aromatic carbocycles. The summed E-state index contributed by atoms with van der Waals surface area (Å²) in [4.78, 5) is 10.2. The average molecular weight is 241 g/mol. The van der Waals surface area contributed by atoms with Gasteiger partial charge in [-0.3, -0.25) is 0 Å². The van der Waals surface area contributed by atoms with Gasteiger partial charge < -0.3 is 9.64 Å². The average Bonchev–Trinajstić information content (AvgIpc) is 2.25. The van der Waals surface area contributed by atoms with E-state index in [0.29, 0.717) is 36.4 Å². The molecule has 0 unspecified atom stereocenters. The van der Waals surface area contributed by atoms with Crippen LogP contribution in [0, 0.1) is 11.3 Å². The highest BCUT2D eigenvalue weighted by Crippen LogP contribution is 2.15. The smallest absolute Gasteiger partial charge is 0.158 e. The monoisotopic (exact) mass is 240 g/mol. The van der Waals surface area contributed by atoms with Gasteiger partial charge >= 0.3 is 0 Å². The number of methoxy groups -OCH3 is 1. The summed E-state index contributed by atoms with van der Waals surface area (Å²) in [6, 6.07) is 3.74. The van der Waals surface area contributed by atoms with Gasteiger partial charge in [0.05, 0.1) is 12.5 Å². The summed E-state index contributed by atoms with van der Waals surface area (Å²) in [6.45, 7) is 0.927. The first kappa shape index (κ1) is 12.7. The van der Waals surface area contributed by atoms with Gasteiger partial charge in [-0.25, -0.2) is 9.97 Å². The van der Waals surface area contributed by atoms with E-state index < -0.39 is 0 Å². The van der Waals surface area contributed by atoms with E-state index in [1.54, 1.807) is 13.2 Å². The number of aromatic nitrogens is 2. The Balaban J connectivity index is 2.82. The molecular formula is C10H13ClN4O. The van der Waals surface area contributed by atoms with E-state index in [4.69, 9.17) is 21.6 Å². The molecule has 0 atom stereocenters. The number of halogens is 1. The van der Waals surface area contributed by atoms with Crippen LogP contribution in [0.2, 0.25) is 5.15 Å². The van der Waals surface area contributed by atoms with Gasteiger partial charge in [-0.1, -0.05) is 11.6 Å². The van der Waals surface area contributed by atoms with Crippen LogP contribution < -0.4 is 4.90 Å². The van der Waals surface area contributed by atoms with Gasteiger partial charge in [0, 0.05) is 26.8 Å². The van der Waals surface area contributed by atoms with Crippen LogP contribution in [0.15, 0.2) is 6.07 Å². The van der Waals surface area contributed by atoms with Crippen molar-refractivity contribution in [2.75, 3.05) is 25.6 Å². The largest absolute Gasteiger partial charge is 0.377 e. The summed E-state index contributed by atoms with van der Waals surface area (Å²) >= 11 is 5.87. The second-order valence-corrected chi connectivity index (χ2v) is 3.62. The number of anilines is 1. The minimum atomic E-state index is 0.319. The quantitative estimate of drug-likeness (QED) is 0.732. The van der Waals surface area contributed by atoms with Crippen LogP contribution >= 0.6 is 11.6 Å². The third kappa shape index (κ3) is 3.65. The normalized spacial score (nSPS) is 9.88. The molecule has 1 heterocycles. The summed E-state index contributed by atoms with van der Waals surface area (Å²) < 4.78 is 4.94. The van der Waals surface area contributed by atoms with E-state index in [0.717, 1.165) is 0 Å². The van der Waals surface area contributed by atoms with Gasteiger partial charge in [0.25, 0.3) is 0 Å². The fourth-order valence-electron chi connectivity index (χ4n) is 1.17. The molecule has 0 bridgehead atoms. The van der Waals surface area contributed by atoms with Gasteiger partial charge in [-0.2, -0.15) is 5.26 Å². The van der Waals surface area contributed by atoms with Crippen molar-refractivity contribution < 1.29 is 4.74 Å². The predicted molar refractivity (Wildman–Crippen MR) is 61.3 cm³/mol. The van der Waals surface area contributed by atoms with Crippen molar-refractivity contribution >= 4 is 17.4 Å². The number of nitrogens with zero attached hydrogens (tertiary/aromatic N) is 4. The minimum Gasteiger partial charge on any atom is -0.377 e. The van der Waals surface area contributed by atoms with Crippen molar-refractivity contribution in [2.45, 2.75) is 13.0 Å². The first-order valence-corrected chi connectivity index (χ1v) is 5.15. The van der Waals surface area contributed by atoms with Crippen molar-refractivity contribution in [3.8, 4) is 6.07 Å². The molecule has 0 aliphatic heterocycles. The van der Waals surface area contributed by atoms with E-state index in [-0.39, 0.29) is 0 Å². The molecule has 0 fully saturated rings. The second-order valence-electron chi connectivity index (χ2n) is 3.23. The van der Waals surface area contributed by atoms with Crippen LogP contribution in [-0.2, 0) is 11.3 Å². The topological polar surface area (TPSA) is 62.0 Å². The van der Waals surface area contributed by atoms with E-state index in [2.05, 4.69) is 16.0 Å². The molecule has 1 rings (SSSR count). The number of hydrogen-bond acceptors (Lipinski definition) is 5. The fraction of sp³-hybridized carbons (Fsp3) is 0.500. The lowest BCUT2D eigenvalue weighted by molar-refractivity contribution is 0.178. The van der Waals surface area contributed by atoms with E-state index in [1.165, 1.54) is 0 Å². The Bertz CT molecular complexity index is 391. The first-order chi connectivity index (χ1) is 7.67. The molecular weight excluding hydrogens is 228 g/mol. The SMILES string of the molecule is COCc1nc(Cl)cc(N(C)CCC#N)n1. The molecule has 1 aromatic heterocycles. The lowest BCUT2D eigenvalue weighted by atomic mass is 10.4. The Labute approximate surface area is 99.6 Å². The molecule has 5 nitrogen and oxygen atoms in total. The van der Waals surface area contributed by atoms with E-state index >= 15 is 0 Å². The van der Waals surface area contributed by atoms with Gasteiger partial charge in [-0.05, 0) is 0 Å². The first-order valence-electron chi connectivity index (χ1n) is 4.78. The Morgan fingerprint density at radius 3 is 2.94 bits per heavy atom. The lowest BCUT2D eigenvalue weighted by Gasteiger charge is -2.17. The summed E-state index contributed by atoms with van der Waals surface area (Å²) in [6.07, 6.45) is 0.442. The molecule has 0 aliphatic carbocycles. The zero-order chi connectivity index (χ0) is 12.0. The van der Waals surface area contributed by atoms with Gasteiger partial charge in [0.2, 0.25) is 0 Å². The zero-order valence-corrected chi connectivity index (χ0v) is 10.0. The van der Waals surface area contributed by atoms with Crippen molar-refractivity contribution in [2.24, 2.45) is 0 Å². The minimum absolute atomic E-state index is 0.319. The molecule has 0 aliphatic rings. The number of hydrogen-bond donors (Lipinski definition) is 0. The van der Waals surface area contributed by atoms with Gasteiger partial charge in [0.15, 0.2) is 5.82 Å². The third-order valence-electron chi connectivity index (χ3n) is 1.95. The van der Waals surface area contributed by atoms with Crippen molar-refractivity contribution in [1.29, 1.82) is 5.26 Å². The van der Waals surface area contributed by atoms with Crippen LogP contribution in [0.25, 0.3) is 0 Å². The molecule has 0 amide bonds. The summed E-state index contributed by atoms with van der Waals surface area (Å²) in [5.74, 6) is 1.23. The molecule has 0 N–H and O–H groups in total. The highest BCUT2D eigenvalue weighted by molar-refractivity contribution is 6.29. The molecule has 86 valence electrons. The summed E-state index contributed by atoms with van der Waals surface area (Å²) in [5.41, 5.74) is 0. The Hall–Kier alpha value is -1.38. The standard InChI is InChI=1S/C10H13ClN4O/c1-15(5-3-4-12)10-6-8(11)13-9(14-10)7-16-2/h6H,3,5,7H2,1-2H3. The molecule has 0 radical (unpaired) electrons. The van der Waals surface area contributed by atoms with Gasteiger partial charge in [-0.15, -0.1) is 0 Å². The maximum atomic E-state index is 8.50. The Morgan fingerprint density at radius 1 is 1.56 bits per heavy atom. The van der Waals surface area contributed by atoms with Gasteiger partial charge in [0.1, 0.15) is 17.6 Å². The maximum absolute atomic E-state index is 8.50. The summed E-state index contributed by atoms with van der Waals surface area (Å²) in [7, 11) is 3.43.